The second-order valence-corrected chi connectivity index (χ2v) is 22.2. The number of H-pyrrole nitrogens is 2. The molecule has 3 aromatic carbocycles. The number of methoxy groups -OCH3 is 4. The third kappa shape index (κ3) is 10.4. The molecule has 2 aromatic heterocycles. The summed E-state index contributed by atoms with van der Waals surface area (Å²) in [5.41, 5.74) is 12.5. The number of imidazole rings is 2. The zero-order valence-corrected chi connectivity index (χ0v) is 44.5. The fraction of sp³-hybridized carbons (Fsp3) is 0.533. The number of aromatic nitrogens is 4. The van der Waals surface area contributed by atoms with Crippen LogP contribution < -0.4 is 10.6 Å². The van der Waals surface area contributed by atoms with Crippen LogP contribution in [0.3, 0.4) is 0 Å². The number of fused-ring (bicyclic) bond motifs is 4. The lowest BCUT2D eigenvalue weighted by Gasteiger charge is -2.35. The maximum absolute atomic E-state index is 14.5. The molecule has 2 aliphatic heterocycles. The Balaban J connectivity index is 0.833. The van der Waals surface area contributed by atoms with Crippen LogP contribution in [0.25, 0.3) is 38.8 Å². The van der Waals surface area contributed by atoms with E-state index in [0.717, 1.165) is 136 Å². The van der Waals surface area contributed by atoms with E-state index in [9.17, 15) is 19.2 Å². The fourth-order valence-corrected chi connectivity index (χ4v) is 13.9. The zero-order valence-electron chi connectivity index (χ0n) is 44.5. The number of nitrogens with one attached hydrogen (secondary N) is 4. The normalized spacial score (nSPS) is 25.0. The van der Waals surface area contributed by atoms with Crippen LogP contribution in [-0.4, -0.2) is 120 Å². The van der Waals surface area contributed by atoms with Crippen molar-refractivity contribution in [2.45, 2.75) is 145 Å². The number of ether oxygens (including phenoxy) is 4. The highest BCUT2D eigenvalue weighted by Gasteiger charge is 2.49. The van der Waals surface area contributed by atoms with Crippen LogP contribution in [0.4, 0.5) is 9.59 Å². The molecule has 9 atom stereocenters. The Morgan fingerprint density at radius 1 is 0.645 bits per heavy atom. The molecule has 14 rings (SSSR count). The first-order chi connectivity index (χ1) is 37.1. The monoisotopic (exact) mass is 1030 g/mol. The van der Waals surface area contributed by atoms with Gasteiger partial charge in [-0.2, -0.15) is 0 Å². The molecule has 5 aromatic rings. The summed E-state index contributed by atoms with van der Waals surface area (Å²) in [4.78, 5) is 75.7. The van der Waals surface area contributed by atoms with Crippen molar-refractivity contribution in [2.75, 3.05) is 41.7 Å². The van der Waals surface area contributed by atoms with Gasteiger partial charge in [0.05, 0.1) is 48.4 Å². The molecule has 4 fully saturated rings. The van der Waals surface area contributed by atoms with Crippen LogP contribution in [0.5, 0.6) is 0 Å². The second-order valence-electron chi connectivity index (χ2n) is 22.2. The molecule has 16 heteroatoms. The number of benzene rings is 3. The summed E-state index contributed by atoms with van der Waals surface area (Å²) in [5.74, 6) is 2.47. The van der Waals surface area contributed by atoms with E-state index in [1.165, 1.54) is 47.6 Å². The minimum atomic E-state index is -0.767. The highest BCUT2D eigenvalue weighted by molar-refractivity contribution is 5.89. The van der Waals surface area contributed by atoms with Gasteiger partial charge in [0.15, 0.2) is 0 Å². The van der Waals surface area contributed by atoms with E-state index in [4.69, 9.17) is 28.9 Å². The van der Waals surface area contributed by atoms with Gasteiger partial charge in [-0.1, -0.05) is 68.2 Å². The highest BCUT2D eigenvalue weighted by atomic mass is 16.5. The van der Waals surface area contributed by atoms with Crippen molar-refractivity contribution in [1.82, 2.24) is 40.4 Å². The van der Waals surface area contributed by atoms with Gasteiger partial charge >= 0.3 is 12.2 Å². The van der Waals surface area contributed by atoms with Crippen molar-refractivity contribution in [3.63, 3.8) is 0 Å². The number of hydrogen-bond donors (Lipinski definition) is 4. The van der Waals surface area contributed by atoms with E-state index in [-0.39, 0.29) is 36.0 Å². The molecule has 2 saturated carbocycles. The Morgan fingerprint density at radius 3 is 1.76 bits per heavy atom. The van der Waals surface area contributed by atoms with E-state index in [0.29, 0.717) is 43.8 Å². The summed E-state index contributed by atoms with van der Waals surface area (Å²) in [6.45, 7) is 0.661. The lowest BCUT2D eigenvalue weighted by atomic mass is 9.80. The van der Waals surface area contributed by atoms with Gasteiger partial charge in [-0.3, -0.25) is 9.59 Å². The Hall–Kier alpha value is -6.52. The van der Waals surface area contributed by atoms with Crippen molar-refractivity contribution in [2.24, 2.45) is 17.8 Å². The van der Waals surface area contributed by atoms with Crippen molar-refractivity contribution in [1.29, 1.82) is 0 Å². The average molecular weight is 1040 g/mol. The smallest absolute Gasteiger partial charge is 0.407 e. The molecule has 7 aliphatic carbocycles. The average Bonchev–Trinajstić information content (AvgIpc) is 4.25. The molecule has 9 aliphatic rings. The van der Waals surface area contributed by atoms with Gasteiger partial charge < -0.3 is 49.3 Å². The Kier molecular flexibility index (Phi) is 15.3. The largest absolute Gasteiger partial charge is 0.453 e. The van der Waals surface area contributed by atoms with Crippen LogP contribution in [0.2, 0.25) is 0 Å². The minimum absolute atomic E-state index is 0.0883. The van der Waals surface area contributed by atoms with Gasteiger partial charge in [0.1, 0.15) is 23.7 Å². The quantitative estimate of drug-likeness (QED) is 0.0832. The number of carbonyl (C=O) groups excluding carboxylic acids is 4. The SMILES string of the molecule is COCCC(NC(=O)OC)C(=O)N1C(c2nc3ccc(C4=CC5CC=C4CCc4ccc(c(-c6ccc7nc(C8CC9CCCCC9N8C(=O)C(CCOC)NC(=O)OC)[nH]c7c6)c4)CC5)cc3[nH]2)CC2CCCCC21. The Bertz CT molecular complexity index is 3030. The molecule has 4 amide bonds. The number of amides is 4. The molecular formula is C60H74N8O8. The highest BCUT2D eigenvalue weighted by Crippen LogP contribution is 2.48. The third-order valence-corrected chi connectivity index (χ3v) is 17.8. The summed E-state index contributed by atoms with van der Waals surface area (Å²) in [6, 6.07) is 18.3. The van der Waals surface area contributed by atoms with Crippen LogP contribution in [0, 0.1) is 17.8 Å². The number of likely N-dealkylation sites (tertiary alicyclic amines) is 2. The molecular weight excluding hydrogens is 961 g/mol. The van der Waals surface area contributed by atoms with Gasteiger partial charge in [-0.25, -0.2) is 19.6 Å². The number of hydrogen-bond acceptors (Lipinski definition) is 10. The number of alkyl carbamates (subject to hydrolysis) is 2. The first-order valence-corrected chi connectivity index (χ1v) is 28.0. The fourth-order valence-electron chi connectivity index (χ4n) is 13.9. The maximum atomic E-state index is 14.5. The first kappa shape index (κ1) is 51.6. The lowest BCUT2D eigenvalue weighted by molar-refractivity contribution is -0.138. The van der Waals surface area contributed by atoms with Gasteiger partial charge in [0, 0.05) is 52.4 Å². The molecule has 16 nitrogen and oxygen atoms in total. The summed E-state index contributed by atoms with van der Waals surface area (Å²) in [6.07, 6.45) is 19.3. The zero-order chi connectivity index (χ0) is 52.5. The van der Waals surface area contributed by atoms with E-state index in [1.807, 2.05) is 9.80 Å². The van der Waals surface area contributed by atoms with E-state index >= 15 is 0 Å². The van der Waals surface area contributed by atoms with Crippen molar-refractivity contribution >= 4 is 51.6 Å². The third-order valence-electron chi connectivity index (χ3n) is 17.8. The van der Waals surface area contributed by atoms with Crippen molar-refractivity contribution < 1.29 is 38.1 Å². The van der Waals surface area contributed by atoms with Crippen molar-refractivity contribution in [3.8, 4) is 11.1 Å². The summed E-state index contributed by atoms with van der Waals surface area (Å²) in [5, 5.41) is 5.60. The van der Waals surface area contributed by atoms with Gasteiger partial charge in [-0.05, 0) is 152 Å². The van der Waals surface area contributed by atoms with Gasteiger partial charge in [0.2, 0.25) is 11.8 Å². The lowest BCUT2D eigenvalue weighted by Crippen LogP contribution is -2.52. The number of aryl methyl sites for hydroxylation is 2. The van der Waals surface area contributed by atoms with Crippen LogP contribution >= 0.6 is 0 Å². The van der Waals surface area contributed by atoms with Gasteiger partial charge in [-0.15, -0.1) is 0 Å². The van der Waals surface area contributed by atoms with Crippen molar-refractivity contribution in [3.05, 3.63) is 101 Å². The molecule has 402 valence electrons. The molecule has 0 radical (unpaired) electrons. The van der Waals surface area contributed by atoms with E-state index in [1.54, 1.807) is 14.2 Å². The maximum Gasteiger partial charge on any atom is 0.407 e. The van der Waals surface area contributed by atoms with Crippen LogP contribution in [-0.2, 0) is 41.4 Å². The number of aromatic amines is 2. The Morgan fingerprint density at radius 2 is 1.20 bits per heavy atom. The molecule has 4 bridgehead atoms. The van der Waals surface area contributed by atoms with Crippen LogP contribution in [0.1, 0.15) is 137 Å². The van der Waals surface area contributed by atoms with E-state index in [2.05, 4.69) is 87.4 Å². The standard InChI is InChI=1S/C60H74N8O8/c1-73-27-25-47(65-59(71)75-3)57(69)67-51-11-7-5-9-41(51)33-53(67)55-61-45-23-21-39(31-49(45)63-55)43-29-35-13-17-37(43)19-15-36-14-18-38(20-16-35)44(30-36)40-22-24-46-50(32-40)64-56(62-46)54-34-42-10-6-8-12-52(42)68(54)58(70)48(26-28-74-2)66-60(72)76-4/h13,17-18,21-24,29-32,36,41-42,47-48,51-54H,5-12,14-16,19-20,25-28,33-34H2,1-4H3,(H,61,63)(H,62,64)(H,65,71)(H,66,72). The molecule has 9 unspecified atom stereocenters. The minimum Gasteiger partial charge on any atom is -0.453 e. The second kappa shape index (κ2) is 22.6. The predicted octanol–water partition coefficient (Wildman–Crippen LogP) is 10.2. The number of nitrogens with zero attached hydrogens (tertiary/aromatic N) is 4. The Labute approximate surface area is 445 Å². The van der Waals surface area contributed by atoms with Gasteiger partial charge in [0.25, 0.3) is 0 Å². The van der Waals surface area contributed by atoms with Crippen LogP contribution in [0.15, 0.2) is 72.3 Å². The summed E-state index contributed by atoms with van der Waals surface area (Å²) >= 11 is 0. The number of carbonyl (C=O) groups is 4. The number of allylic oxidation sites excluding steroid dienone is 4. The topological polar surface area (TPSA) is 193 Å². The molecule has 2 saturated heterocycles. The summed E-state index contributed by atoms with van der Waals surface area (Å²) in [7, 11) is 5.83. The molecule has 4 N–H and O–H groups in total. The first-order valence-electron chi connectivity index (χ1n) is 28.0. The molecule has 4 heterocycles. The number of rotatable bonds is 14. The van der Waals surface area contributed by atoms with E-state index < -0.39 is 24.3 Å². The molecule has 0 spiro atoms. The predicted molar refractivity (Wildman–Crippen MR) is 290 cm³/mol. The molecule has 76 heavy (non-hydrogen) atoms. The summed E-state index contributed by atoms with van der Waals surface area (Å²) < 4.78 is 20.6.